The van der Waals surface area contributed by atoms with Crippen molar-refractivity contribution in [2.75, 3.05) is 10.2 Å². The fraction of sp³-hybridized carbons (Fsp3) is 0.154. The molecule has 1 N–H and O–H groups in total. The molecule has 2 saturated heterocycles. The molecule has 8 heteroatoms. The molecular formula is C26H19FN4O3. The summed E-state index contributed by atoms with van der Waals surface area (Å²) in [5, 5.41) is 8.90. The molecule has 0 bridgehead atoms. The molecule has 3 aliphatic heterocycles. The van der Waals surface area contributed by atoms with Crippen LogP contribution in [0.3, 0.4) is 0 Å². The predicted molar refractivity (Wildman–Crippen MR) is 123 cm³/mol. The Morgan fingerprint density at radius 2 is 1.53 bits per heavy atom. The summed E-state index contributed by atoms with van der Waals surface area (Å²) in [5.41, 5.74) is 2.08. The molecule has 2 fully saturated rings. The van der Waals surface area contributed by atoms with E-state index in [1.165, 1.54) is 18.2 Å². The summed E-state index contributed by atoms with van der Waals surface area (Å²) in [6.45, 7) is 0. The maximum atomic E-state index is 14.6. The number of imide groups is 1. The first-order chi connectivity index (χ1) is 16.6. The molecule has 3 amide bonds. The van der Waals surface area contributed by atoms with Crippen LogP contribution in [0.25, 0.3) is 0 Å². The largest absolute Gasteiger partial charge is 0.324 e. The van der Waals surface area contributed by atoms with E-state index in [1.54, 1.807) is 41.6 Å². The average molecular weight is 454 g/mol. The van der Waals surface area contributed by atoms with Gasteiger partial charge in [0.1, 0.15) is 11.9 Å². The number of carbonyl (C=O) groups is 3. The van der Waals surface area contributed by atoms with Gasteiger partial charge in [-0.3, -0.25) is 19.4 Å². The third-order valence-corrected chi connectivity index (χ3v) is 6.70. The lowest BCUT2D eigenvalue weighted by molar-refractivity contribution is -0.129. The van der Waals surface area contributed by atoms with Gasteiger partial charge in [-0.15, -0.1) is 0 Å². The van der Waals surface area contributed by atoms with Crippen LogP contribution >= 0.6 is 0 Å². The van der Waals surface area contributed by atoms with Crippen LogP contribution in [0.1, 0.15) is 17.2 Å². The smallest absolute Gasteiger partial charge is 0.249 e. The van der Waals surface area contributed by atoms with E-state index in [-0.39, 0.29) is 5.69 Å². The zero-order valence-electron chi connectivity index (χ0n) is 17.8. The number of fused-ring (bicyclic) bond motifs is 5. The molecule has 0 radical (unpaired) electrons. The second-order valence-corrected chi connectivity index (χ2v) is 8.51. The number of rotatable bonds is 3. The quantitative estimate of drug-likeness (QED) is 0.616. The first kappa shape index (κ1) is 20.3. The van der Waals surface area contributed by atoms with E-state index >= 15 is 0 Å². The van der Waals surface area contributed by atoms with Crippen molar-refractivity contribution in [1.29, 1.82) is 0 Å². The van der Waals surface area contributed by atoms with E-state index in [0.29, 0.717) is 5.69 Å². The summed E-state index contributed by atoms with van der Waals surface area (Å²) >= 11 is 0. The van der Waals surface area contributed by atoms with Crippen LogP contribution in [-0.2, 0) is 14.4 Å². The summed E-state index contributed by atoms with van der Waals surface area (Å²) in [6, 6.07) is 20.3. The Labute approximate surface area is 194 Å². The molecule has 7 nitrogen and oxygen atoms in total. The van der Waals surface area contributed by atoms with E-state index in [2.05, 4.69) is 10.4 Å². The van der Waals surface area contributed by atoms with Crippen LogP contribution in [0.4, 0.5) is 15.8 Å². The standard InChI is InChI=1S/C26H19FN4O3/c27-18-12-6-7-13-19(18)30-25(33)20-21(26(30)34)23(24(32)29-16-9-2-1-3-10-16)31-22(20)17-11-5-4-8-15(17)14-28-31/h1-14,20-23H,(H,29,32)/t20-,21+,22+,23-/m1/s1. The van der Waals surface area contributed by atoms with Gasteiger partial charge >= 0.3 is 0 Å². The van der Waals surface area contributed by atoms with Gasteiger partial charge in [0.25, 0.3) is 0 Å². The van der Waals surface area contributed by atoms with Crippen LogP contribution in [0.15, 0.2) is 84.0 Å². The fourth-order valence-electron chi connectivity index (χ4n) is 5.28. The van der Waals surface area contributed by atoms with Gasteiger partial charge in [-0.2, -0.15) is 5.10 Å². The van der Waals surface area contributed by atoms with Crippen LogP contribution in [0, 0.1) is 17.7 Å². The Kier molecular flexibility index (Phi) is 4.55. The number of carbonyl (C=O) groups excluding carboxylic acids is 3. The second-order valence-electron chi connectivity index (χ2n) is 8.51. The topological polar surface area (TPSA) is 82.1 Å². The summed E-state index contributed by atoms with van der Waals surface area (Å²) in [7, 11) is 0. The third kappa shape index (κ3) is 2.88. The zero-order valence-corrected chi connectivity index (χ0v) is 17.8. The van der Waals surface area contributed by atoms with E-state index in [9.17, 15) is 18.8 Å². The molecule has 4 atom stereocenters. The number of benzene rings is 3. The minimum atomic E-state index is -1.03. The van der Waals surface area contributed by atoms with Crippen molar-refractivity contribution < 1.29 is 18.8 Å². The van der Waals surface area contributed by atoms with Crippen molar-refractivity contribution >= 4 is 35.3 Å². The van der Waals surface area contributed by atoms with Crippen LogP contribution in [0.5, 0.6) is 0 Å². The Hall–Kier alpha value is -4.33. The van der Waals surface area contributed by atoms with Gasteiger partial charge in [0.2, 0.25) is 17.7 Å². The van der Waals surface area contributed by atoms with Crippen molar-refractivity contribution in [3.8, 4) is 0 Å². The number of halogens is 1. The summed E-state index contributed by atoms with van der Waals surface area (Å²) in [4.78, 5) is 41.7. The van der Waals surface area contributed by atoms with Gasteiger partial charge in [-0.05, 0) is 35.4 Å². The minimum Gasteiger partial charge on any atom is -0.324 e. The lowest BCUT2D eigenvalue weighted by Crippen LogP contribution is -2.46. The summed E-state index contributed by atoms with van der Waals surface area (Å²) < 4.78 is 14.6. The van der Waals surface area contributed by atoms with Crippen LogP contribution in [0.2, 0.25) is 0 Å². The van der Waals surface area contributed by atoms with E-state index < -0.39 is 47.5 Å². The zero-order chi connectivity index (χ0) is 23.4. The van der Waals surface area contributed by atoms with Crippen LogP contribution in [-0.4, -0.2) is 35.0 Å². The first-order valence-corrected chi connectivity index (χ1v) is 11.0. The van der Waals surface area contributed by atoms with Crippen molar-refractivity contribution in [2.24, 2.45) is 16.9 Å². The molecule has 0 aliphatic carbocycles. The lowest BCUT2D eigenvalue weighted by atomic mass is 9.85. The Morgan fingerprint density at radius 3 is 2.32 bits per heavy atom. The molecule has 3 heterocycles. The van der Waals surface area contributed by atoms with Crippen molar-refractivity contribution in [2.45, 2.75) is 12.1 Å². The SMILES string of the molecule is O=C(Nc1ccccc1)[C@H]1[C@H]2C(=O)N(c3ccccc3F)C(=O)[C@H]2[C@@H]2c3ccccc3C=NN12. The number of hydrogen-bond acceptors (Lipinski definition) is 5. The van der Waals surface area contributed by atoms with Gasteiger partial charge in [-0.1, -0.05) is 54.6 Å². The molecule has 0 aromatic heterocycles. The maximum Gasteiger partial charge on any atom is 0.249 e. The van der Waals surface area contributed by atoms with Gasteiger partial charge < -0.3 is 5.32 Å². The summed E-state index contributed by atoms with van der Waals surface area (Å²) in [5.74, 6) is -4.14. The number of nitrogens with zero attached hydrogens (tertiary/aromatic N) is 3. The number of para-hydroxylation sites is 2. The van der Waals surface area contributed by atoms with E-state index in [1.807, 2.05) is 30.3 Å². The number of hydrogen-bond donors (Lipinski definition) is 1. The monoisotopic (exact) mass is 454 g/mol. The Morgan fingerprint density at radius 1 is 0.853 bits per heavy atom. The van der Waals surface area contributed by atoms with E-state index in [4.69, 9.17) is 0 Å². The molecule has 34 heavy (non-hydrogen) atoms. The fourth-order valence-corrected chi connectivity index (χ4v) is 5.28. The molecule has 0 unspecified atom stereocenters. The highest BCUT2D eigenvalue weighted by Crippen LogP contribution is 2.52. The van der Waals surface area contributed by atoms with Gasteiger partial charge in [0, 0.05) is 5.69 Å². The highest BCUT2D eigenvalue weighted by Gasteiger charge is 2.65. The number of anilines is 2. The number of amides is 3. The van der Waals surface area contributed by atoms with Gasteiger partial charge in [0.15, 0.2) is 0 Å². The van der Waals surface area contributed by atoms with Gasteiger partial charge in [0.05, 0.1) is 29.8 Å². The normalized spacial score (nSPS) is 24.6. The molecule has 3 aromatic carbocycles. The lowest BCUT2D eigenvalue weighted by Gasteiger charge is -2.33. The van der Waals surface area contributed by atoms with Crippen molar-refractivity contribution in [3.63, 3.8) is 0 Å². The third-order valence-electron chi connectivity index (χ3n) is 6.70. The van der Waals surface area contributed by atoms with Crippen LogP contribution < -0.4 is 10.2 Å². The molecule has 0 saturated carbocycles. The number of hydrazone groups is 1. The molecule has 168 valence electrons. The maximum absolute atomic E-state index is 14.6. The first-order valence-electron chi connectivity index (χ1n) is 11.0. The average Bonchev–Trinajstić information content (AvgIpc) is 3.33. The van der Waals surface area contributed by atoms with Crippen molar-refractivity contribution in [3.05, 3.63) is 95.8 Å². The highest BCUT2D eigenvalue weighted by atomic mass is 19.1. The number of nitrogens with one attached hydrogen (secondary N) is 1. The highest BCUT2D eigenvalue weighted by molar-refractivity contribution is 6.24. The van der Waals surface area contributed by atoms with E-state index in [0.717, 1.165) is 16.0 Å². The minimum absolute atomic E-state index is 0.103. The Balaban J connectivity index is 1.46. The summed E-state index contributed by atoms with van der Waals surface area (Å²) in [6.07, 6.45) is 1.64. The molecule has 3 aliphatic rings. The van der Waals surface area contributed by atoms with Crippen molar-refractivity contribution in [1.82, 2.24) is 5.01 Å². The molecule has 3 aromatic rings. The van der Waals surface area contributed by atoms with Gasteiger partial charge in [-0.25, -0.2) is 9.29 Å². The Bertz CT molecular complexity index is 1360. The molecule has 6 rings (SSSR count). The molecule has 0 spiro atoms. The molecular weight excluding hydrogens is 435 g/mol. The second kappa shape index (κ2) is 7.62. The predicted octanol–water partition coefficient (Wildman–Crippen LogP) is 3.34.